The Bertz CT molecular complexity index is 573. The van der Waals surface area contributed by atoms with Crippen molar-refractivity contribution in [2.45, 2.75) is 32.4 Å². The predicted octanol–water partition coefficient (Wildman–Crippen LogP) is 0.709. The van der Waals surface area contributed by atoms with Gasteiger partial charge in [0, 0.05) is 0 Å². The van der Waals surface area contributed by atoms with Crippen LogP contribution in [0.3, 0.4) is 0 Å². The van der Waals surface area contributed by atoms with Gasteiger partial charge in [-0.05, 0) is 25.9 Å². The Labute approximate surface area is 121 Å². The molecule has 0 bridgehead atoms. The normalized spacial score (nSPS) is 16.0. The summed E-state index contributed by atoms with van der Waals surface area (Å²) in [6.07, 6.45) is 6.67. The number of nitrogens with zero attached hydrogens (tertiary/aromatic N) is 4. The van der Waals surface area contributed by atoms with Crippen molar-refractivity contribution >= 4 is 5.91 Å². The number of piperidine rings is 1. The van der Waals surface area contributed by atoms with Crippen molar-refractivity contribution in [1.29, 1.82) is 0 Å². The lowest BCUT2D eigenvalue weighted by atomic mass is 10.1. The quantitative estimate of drug-likeness (QED) is 0.841. The van der Waals surface area contributed by atoms with Gasteiger partial charge in [-0.2, -0.15) is 4.98 Å². The minimum Gasteiger partial charge on any atom is -0.342 e. The van der Waals surface area contributed by atoms with Crippen molar-refractivity contribution in [3.05, 3.63) is 29.9 Å². The molecule has 8 nitrogen and oxygen atoms in total. The Morgan fingerprint density at radius 1 is 1.38 bits per heavy atom. The first-order valence-corrected chi connectivity index (χ1v) is 7.11. The molecule has 2 aromatic heterocycles. The van der Waals surface area contributed by atoms with E-state index in [4.69, 9.17) is 4.52 Å². The van der Waals surface area contributed by atoms with Crippen molar-refractivity contribution in [3.8, 4) is 0 Å². The molecule has 3 rings (SSSR count). The second-order valence-electron chi connectivity index (χ2n) is 5.09. The third kappa shape index (κ3) is 3.66. The highest BCUT2D eigenvalue weighted by Gasteiger charge is 2.15. The summed E-state index contributed by atoms with van der Waals surface area (Å²) in [7, 11) is 0. The van der Waals surface area contributed by atoms with Crippen LogP contribution in [0.15, 0.2) is 17.0 Å². The first kappa shape index (κ1) is 13.7. The fraction of sp³-hybridized carbons (Fsp3) is 0.538. The van der Waals surface area contributed by atoms with Crippen molar-refractivity contribution in [2.75, 3.05) is 13.1 Å². The zero-order valence-corrected chi connectivity index (χ0v) is 11.7. The van der Waals surface area contributed by atoms with Crippen LogP contribution >= 0.6 is 0 Å². The highest BCUT2D eigenvalue weighted by atomic mass is 16.5. The summed E-state index contributed by atoms with van der Waals surface area (Å²) in [5.74, 6) is 0.834. The molecule has 1 saturated heterocycles. The van der Waals surface area contributed by atoms with Gasteiger partial charge in [-0.1, -0.05) is 11.6 Å². The van der Waals surface area contributed by atoms with Gasteiger partial charge in [0.2, 0.25) is 5.89 Å². The zero-order chi connectivity index (χ0) is 14.5. The maximum absolute atomic E-state index is 11.7. The third-order valence-electron chi connectivity index (χ3n) is 3.47. The number of amides is 1. The molecule has 8 heteroatoms. The van der Waals surface area contributed by atoms with Gasteiger partial charge in [-0.25, -0.2) is 4.98 Å². The van der Waals surface area contributed by atoms with Crippen molar-refractivity contribution < 1.29 is 9.32 Å². The number of nitrogens with one attached hydrogen (secondary N) is 2. The van der Waals surface area contributed by atoms with Crippen LogP contribution in [0.25, 0.3) is 0 Å². The van der Waals surface area contributed by atoms with Crippen molar-refractivity contribution in [1.82, 2.24) is 30.3 Å². The van der Waals surface area contributed by atoms with Crippen LogP contribution in [-0.4, -0.2) is 44.0 Å². The summed E-state index contributed by atoms with van der Waals surface area (Å²) in [5, 5.41) is 6.65. The number of aromatic amines is 1. The SMILES string of the molecule is O=C(NCc1nc(CN2CCCCC2)no1)c1cnc[nH]1. The van der Waals surface area contributed by atoms with E-state index in [1.807, 2.05) is 0 Å². The number of carbonyl (C=O) groups excluding carboxylic acids is 1. The van der Waals surface area contributed by atoms with Gasteiger partial charge in [0.25, 0.3) is 5.91 Å². The summed E-state index contributed by atoms with van der Waals surface area (Å²) in [5.41, 5.74) is 0.406. The smallest absolute Gasteiger partial charge is 0.269 e. The molecule has 112 valence electrons. The molecule has 0 atom stereocenters. The molecule has 1 aliphatic heterocycles. The highest BCUT2D eigenvalue weighted by Crippen LogP contribution is 2.11. The van der Waals surface area contributed by atoms with E-state index in [1.165, 1.54) is 31.8 Å². The number of rotatable bonds is 5. The first-order valence-electron chi connectivity index (χ1n) is 7.11. The third-order valence-corrected chi connectivity index (χ3v) is 3.47. The molecule has 0 aliphatic carbocycles. The van der Waals surface area contributed by atoms with E-state index < -0.39 is 0 Å². The number of H-pyrrole nitrogens is 1. The van der Waals surface area contributed by atoms with Crippen LogP contribution < -0.4 is 5.32 Å². The molecule has 0 spiro atoms. The number of aromatic nitrogens is 4. The van der Waals surface area contributed by atoms with Crippen LogP contribution in [0.4, 0.5) is 0 Å². The molecule has 0 aromatic carbocycles. The number of hydrogen-bond donors (Lipinski definition) is 2. The number of hydrogen-bond acceptors (Lipinski definition) is 6. The fourth-order valence-corrected chi connectivity index (χ4v) is 2.37. The number of imidazole rings is 1. The Kier molecular flexibility index (Phi) is 4.25. The minimum atomic E-state index is -0.247. The number of likely N-dealkylation sites (tertiary alicyclic amines) is 1. The monoisotopic (exact) mass is 290 g/mol. The van der Waals surface area contributed by atoms with Gasteiger partial charge < -0.3 is 14.8 Å². The van der Waals surface area contributed by atoms with Crippen molar-refractivity contribution in [2.24, 2.45) is 0 Å². The fourth-order valence-electron chi connectivity index (χ4n) is 2.37. The standard InChI is InChI=1S/C13H18N6O2/c20-13(10-6-14-9-16-10)15-7-12-17-11(18-21-12)8-19-4-2-1-3-5-19/h6,9H,1-5,7-8H2,(H,14,16)(H,15,20). The average molecular weight is 290 g/mol. The summed E-state index contributed by atoms with van der Waals surface area (Å²) in [4.78, 5) is 24.9. The van der Waals surface area contributed by atoms with Crippen LogP contribution in [0.2, 0.25) is 0 Å². The minimum absolute atomic E-state index is 0.213. The maximum atomic E-state index is 11.7. The number of carbonyl (C=O) groups is 1. The Balaban J connectivity index is 1.49. The second-order valence-corrected chi connectivity index (χ2v) is 5.09. The van der Waals surface area contributed by atoms with Crippen LogP contribution in [-0.2, 0) is 13.1 Å². The Hall–Kier alpha value is -2.22. The summed E-state index contributed by atoms with van der Waals surface area (Å²) < 4.78 is 5.15. The zero-order valence-electron chi connectivity index (χ0n) is 11.7. The molecule has 2 aromatic rings. The lowest BCUT2D eigenvalue weighted by Crippen LogP contribution is -2.29. The van der Waals surface area contributed by atoms with E-state index in [1.54, 1.807) is 0 Å². The van der Waals surface area contributed by atoms with E-state index >= 15 is 0 Å². The molecule has 21 heavy (non-hydrogen) atoms. The molecule has 0 unspecified atom stereocenters. The van der Waals surface area contributed by atoms with E-state index in [9.17, 15) is 4.79 Å². The average Bonchev–Trinajstić information content (AvgIpc) is 3.17. The maximum Gasteiger partial charge on any atom is 0.269 e. The Morgan fingerprint density at radius 3 is 3.00 bits per heavy atom. The topological polar surface area (TPSA) is 99.9 Å². The molecule has 0 saturated carbocycles. The molecule has 3 heterocycles. The van der Waals surface area contributed by atoms with Crippen molar-refractivity contribution in [3.63, 3.8) is 0 Å². The van der Waals surface area contributed by atoms with Crippen LogP contribution in [0.5, 0.6) is 0 Å². The lowest BCUT2D eigenvalue weighted by molar-refractivity contribution is 0.0942. The van der Waals surface area contributed by atoms with E-state index in [0.29, 0.717) is 24.0 Å². The molecule has 1 fully saturated rings. The van der Waals surface area contributed by atoms with Gasteiger partial charge >= 0.3 is 0 Å². The molecular formula is C13H18N6O2. The van der Waals surface area contributed by atoms with Gasteiger partial charge in [0.05, 0.1) is 25.6 Å². The van der Waals surface area contributed by atoms with Gasteiger partial charge in [0.15, 0.2) is 5.82 Å². The first-order chi connectivity index (χ1) is 10.3. The van der Waals surface area contributed by atoms with E-state index in [2.05, 4.69) is 30.3 Å². The lowest BCUT2D eigenvalue weighted by Gasteiger charge is -2.24. The molecule has 0 radical (unpaired) electrons. The molecule has 1 amide bonds. The Morgan fingerprint density at radius 2 is 2.24 bits per heavy atom. The summed E-state index contributed by atoms with van der Waals surface area (Å²) in [6.45, 7) is 3.09. The van der Waals surface area contributed by atoms with Gasteiger partial charge in [-0.3, -0.25) is 9.69 Å². The van der Waals surface area contributed by atoms with E-state index in [-0.39, 0.29) is 12.5 Å². The van der Waals surface area contributed by atoms with Crippen LogP contribution in [0.1, 0.15) is 41.5 Å². The largest absolute Gasteiger partial charge is 0.342 e. The van der Waals surface area contributed by atoms with E-state index in [0.717, 1.165) is 13.1 Å². The molecular weight excluding hydrogens is 272 g/mol. The molecule has 2 N–H and O–H groups in total. The highest BCUT2D eigenvalue weighted by molar-refractivity contribution is 5.91. The second kappa shape index (κ2) is 6.49. The predicted molar refractivity (Wildman–Crippen MR) is 73.2 cm³/mol. The summed E-state index contributed by atoms with van der Waals surface area (Å²) in [6, 6.07) is 0. The van der Waals surface area contributed by atoms with Gasteiger partial charge in [-0.15, -0.1) is 0 Å². The van der Waals surface area contributed by atoms with Gasteiger partial charge in [0.1, 0.15) is 5.69 Å². The summed E-state index contributed by atoms with van der Waals surface area (Å²) >= 11 is 0. The van der Waals surface area contributed by atoms with Crippen LogP contribution in [0, 0.1) is 0 Å². The molecule has 1 aliphatic rings.